The van der Waals surface area contributed by atoms with Crippen molar-refractivity contribution in [2.75, 3.05) is 0 Å². The Kier molecular flexibility index (Phi) is 2.60. The lowest BCUT2D eigenvalue weighted by Crippen LogP contribution is -1.84. The zero-order valence-corrected chi connectivity index (χ0v) is 10.4. The van der Waals surface area contributed by atoms with Gasteiger partial charge < -0.3 is 10.2 Å². The van der Waals surface area contributed by atoms with Gasteiger partial charge in [-0.05, 0) is 24.6 Å². The maximum atomic E-state index is 9.56. The van der Waals surface area contributed by atoms with Gasteiger partial charge in [0.15, 0.2) is 11.5 Å². The Hall–Kier alpha value is -2.55. The van der Waals surface area contributed by atoms with Crippen molar-refractivity contribution in [1.29, 1.82) is 0 Å². The van der Waals surface area contributed by atoms with Gasteiger partial charge in [-0.1, -0.05) is 18.2 Å². The molecule has 3 nitrogen and oxygen atoms in total. The number of fused-ring (bicyclic) bond motifs is 1. The van der Waals surface area contributed by atoms with E-state index in [1.807, 2.05) is 43.3 Å². The monoisotopic (exact) mass is 253 g/mol. The summed E-state index contributed by atoms with van der Waals surface area (Å²) in [4.78, 5) is 0. The Morgan fingerprint density at radius 3 is 2.32 bits per heavy atom. The third-order valence-corrected chi connectivity index (χ3v) is 3.13. The highest BCUT2D eigenvalue weighted by atomic mass is 16.3. The fourth-order valence-electron chi connectivity index (χ4n) is 2.12. The van der Waals surface area contributed by atoms with E-state index in [9.17, 15) is 10.2 Å². The molecule has 3 aromatic rings. The molecule has 0 aliphatic rings. The lowest BCUT2D eigenvalue weighted by Gasteiger charge is -1.99. The van der Waals surface area contributed by atoms with Crippen molar-refractivity contribution in [3.63, 3.8) is 0 Å². The fraction of sp³-hybridized carbons (Fsp3) is 0.0625. The molecule has 2 N–H and O–H groups in total. The second-order valence-electron chi connectivity index (χ2n) is 4.50. The second kappa shape index (κ2) is 4.28. The summed E-state index contributed by atoms with van der Waals surface area (Å²) in [5.74, 6) is 0.412. The number of rotatable bonds is 1. The standard InChI is InChI=1S/C16H12O3/c1-10-7-15(11-5-3-2-4-6-11)19-16-9-14(18)13(17)8-12(10)16/h2-9H,1H3,(H-,17,18)/p+1. The van der Waals surface area contributed by atoms with Gasteiger partial charge in [0.2, 0.25) is 0 Å². The van der Waals surface area contributed by atoms with Gasteiger partial charge in [0.05, 0.1) is 17.0 Å². The van der Waals surface area contributed by atoms with Crippen molar-refractivity contribution in [2.45, 2.75) is 6.92 Å². The average molecular weight is 253 g/mol. The first kappa shape index (κ1) is 11.5. The highest BCUT2D eigenvalue weighted by Gasteiger charge is 2.19. The van der Waals surface area contributed by atoms with Gasteiger partial charge in [0.1, 0.15) is 0 Å². The maximum absolute atomic E-state index is 9.56. The molecule has 0 bridgehead atoms. The van der Waals surface area contributed by atoms with E-state index in [0.717, 1.165) is 22.3 Å². The molecule has 94 valence electrons. The zero-order valence-electron chi connectivity index (χ0n) is 10.4. The normalized spacial score (nSPS) is 10.8. The molecule has 2 aromatic carbocycles. The van der Waals surface area contributed by atoms with E-state index in [2.05, 4.69) is 0 Å². The molecule has 3 rings (SSSR count). The van der Waals surface area contributed by atoms with Gasteiger partial charge in [-0.25, -0.2) is 4.42 Å². The minimum absolute atomic E-state index is 0.140. The zero-order chi connectivity index (χ0) is 13.4. The molecule has 0 spiro atoms. The lowest BCUT2D eigenvalue weighted by molar-refractivity contribution is 0.403. The van der Waals surface area contributed by atoms with Gasteiger partial charge in [-0.3, -0.25) is 0 Å². The van der Waals surface area contributed by atoms with Crippen LogP contribution in [0.1, 0.15) is 5.56 Å². The molecule has 1 heterocycles. The van der Waals surface area contributed by atoms with Gasteiger partial charge in [-0.15, -0.1) is 0 Å². The SMILES string of the molecule is Cc1cc(-c2ccccc2)[o+]c2cc(O)c(O)cc12. The molecule has 0 aliphatic heterocycles. The molecule has 0 saturated carbocycles. The first-order chi connectivity index (χ1) is 9.15. The summed E-state index contributed by atoms with van der Waals surface area (Å²) in [5, 5.41) is 19.9. The van der Waals surface area contributed by atoms with Crippen LogP contribution < -0.4 is 0 Å². The number of hydrogen-bond acceptors (Lipinski definition) is 2. The van der Waals surface area contributed by atoms with Crippen molar-refractivity contribution in [1.82, 2.24) is 0 Å². The molecule has 0 fully saturated rings. The van der Waals surface area contributed by atoms with Crippen LogP contribution in [-0.2, 0) is 0 Å². The first-order valence-electron chi connectivity index (χ1n) is 6.00. The Morgan fingerprint density at radius 1 is 0.895 bits per heavy atom. The van der Waals surface area contributed by atoms with Gasteiger partial charge in [0.25, 0.3) is 0 Å². The van der Waals surface area contributed by atoms with Crippen molar-refractivity contribution in [3.8, 4) is 22.8 Å². The quantitative estimate of drug-likeness (QED) is 0.507. The average Bonchev–Trinajstić information content (AvgIpc) is 2.42. The summed E-state index contributed by atoms with van der Waals surface area (Å²) in [6.07, 6.45) is 0. The minimum atomic E-state index is -0.180. The Balaban J connectivity index is 2.28. The van der Waals surface area contributed by atoms with Gasteiger partial charge in [0, 0.05) is 12.1 Å². The molecule has 0 aliphatic carbocycles. The Morgan fingerprint density at radius 2 is 1.58 bits per heavy atom. The van der Waals surface area contributed by atoms with E-state index < -0.39 is 0 Å². The third kappa shape index (κ3) is 1.99. The smallest absolute Gasteiger partial charge is 0.365 e. The summed E-state index contributed by atoms with van der Waals surface area (Å²) < 4.78 is 5.79. The molecular formula is C16H13O3+. The van der Waals surface area contributed by atoms with Crippen LogP contribution in [0.4, 0.5) is 0 Å². The second-order valence-corrected chi connectivity index (χ2v) is 4.50. The van der Waals surface area contributed by atoms with Crippen molar-refractivity contribution in [2.24, 2.45) is 0 Å². The summed E-state index contributed by atoms with van der Waals surface area (Å²) in [5.41, 5.74) is 2.50. The summed E-state index contributed by atoms with van der Waals surface area (Å²) in [6.45, 7) is 1.95. The lowest BCUT2D eigenvalue weighted by atomic mass is 10.1. The van der Waals surface area contributed by atoms with Gasteiger partial charge in [-0.2, -0.15) is 0 Å². The Labute approximate surface area is 110 Å². The van der Waals surface area contributed by atoms with E-state index in [4.69, 9.17) is 4.42 Å². The maximum Gasteiger partial charge on any atom is 0.365 e. The molecule has 0 radical (unpaired) electrons. The Bertz CT molecular complexity index is 749. The number of benzene rings is 2. The minimum Gasteiger partial charge on any atom is -0.504 e. The molecular weight excluding hydrogens is 240 g/mol. The number of aryl methyl sites for hydroxylation is 1. The number of hydrogen-bond donors (Lipinski definition) is 2. The van der Waals surface area contributed by atoms with Crippen LogP contribution in [0.3, 0.4) is 0 Å². The molecule has 3 heteroatoms. The highest BCUT2D eigenvalue weighted by molar-refractivity contribution is 5.85. The van der Waals surface area contributed by atoms with Crippen LogP contribution >= 0.6 is 0 Å². The van der Waals surface area contributed by atoms with Crippen LogP contribution in [0, 0.1) is 6.92 Å². The van der Waals surface area contributed by atoms with Crippen molar-refractivity contribution >= 4 is 11.0 Å². The van der Waals surface area contributed by atoms with E-state index in [-0.39, 0.29) is 11.5 Å². The van der Waals surface area contributed by atoms with Gasteiger partial charge >= 0.3 is 11.3 Å². The summed E-state index contributed by atoms with van der Waals surface area (Å²) in [6, 6.07) is 14.6. The highest BCUT2D eigenvalue weighted by Crippen LogP contribution is 2.34. The van der Waals surface area contributed by atoms with E-state index in [0.29, 0.717) is 5.58 Å². The van der Waals surface area contributed by atoms with E-state index in [1.165, 1.54) is 12.1 Å². The number of phenolic OH excluding ortho intramolecular Hbond substituents is 2. The summed E-state index contributed by atoms with van der Waals surface area (Å²) >= 11 is 0. The predicted octanol–water partition coefficient (Wildman–Crippen LogP) is 4.10. The van der Waals surface area contributed by atoms with Crippen LogP contribution in [0.25, 0.3) is 22.3 Å². The largest absolute Gasteiger partial charge is 0.504 e. The van der Waals surface area contributed by atoms with Crippen LogP contribution in [0.5, 0.6) is 11.5 Å². The number of phenols is 2. The molecule has 0 saturated heterocycles. The van der Waals surface area contributed by atoms with E-state index in [1.54, 1.807) is 0 Å². The summed E-state index contributed by atoms with van der Waals surface area (Å²) in [7, 11) is 0. The third-order valence-electron chi connectivity index (χ3n) is 3.13. The molecule has 0 amide bonds. The molecule has 0 unspecified atom stereocenters. The van der Waals surface area contributed by atoms with E-state index >= 15 is 0 Å². The van der Waals surface area contributed by atoms with Crippen LogP contribution in [0.15, 0.2) is 52.9 Å². The topological polar surface area (TPSA) is 51.8 Å². The van der Waals surface area contributed by atoms with Crippen molar-refractivity contribution in [3.05, 3.63) is 54.1 Å². The molecule has 0 atom stereocenters. The molecule has 1 aromatic heterocycles. The van der Waals surface area contributed by atoms with Crippen LogP contribution in [0.2, 0.25) is 0 Å². The first-order valence-corrected chi connectivity index (χ1v) is 6.00. The van der Waals surface area contributed by atoms with Crippen LogP contribution in [-0.4, -0.2) is 10.2 Å². The number of aromatic hydroxyl groups is 2. The fourth-order valence-corrected chi connectivity index (χ4v) is 2.12. The molecule has 19 heavy (non-hydrogen) atoms. The van der Waals surface area contributed by atoms with Crippen molar-refractivity contribution < 1.29 is 14.6 Å². The predicted molar refractivity (Wildman–Crippen MR) is 74.1 cm³/mol.